The molecule has 0 aliphatic carbocycles. The Morgan fingerprint density at radius 2 is 2.50 bits per heavy atom. The smallest absolute Gasteiger partial charge is 0.327 e. The number of nitriles is 1. The van der Waals surface area contributed by atoms with Crippen molar-refractivity contribution >= 4 is 5.97 Å². The van der Waals surface area contributed by atoms with E-state index in [2.05, 4.69) is 10.2 Å². The van der Waals surface area contributed by atoms with Gasteiger partial charge in [-0.05, 0) is 12.1 Å². The summed E-state index contributed by atoms with van der Waals surface area (Å²) in [6, 6.07) is 4.61. The lowest BCUT2D eigenvalue weighted by molar-refractivity contribution is -0.137. The molecule has 1 rings (SSSR count). The fourth-order valence-electron chi connectivity index (χ4n) is 0.715. The minimum Gasteiger partial charge on any atom is -0.480 e. The van der Waals surface area contributed by atoms with Crippen LogP contribution in [0.4, 0.5) is 0 Å². The molecule has 1 atom stereocenters. The van der Waals surface area contributed by atoms with Gasteiger partial charge in [0.2, 0.25) is 0 Å². The van der Waals surface area contributed by atoms with Crippen molar-refractivity contribution in [3.63, 3.8) is 0 Å². The zero-order valence-corrected chi connectivity index (χ0v) is 6.01. The Bertz CT molecular complexity index is 317. The van der Waals surface area contributed by atoms with E-state index in [1.807, 2.05) is 0 Å². The number of rotatable bonds is 2. The maximum Gasteiger partial charge on any atom is 0.327 e. The lowest BCUT2D eigenvalue weighted by Gasteiger charge is -1.99. The first-order chi connectivity index (χ1) is 5.75. The third-order valence-electron chi connectivity index (χ3n) is 1.26. The SMILES string of the molecule is N#CC(C(=O)O)c1cccnn1. The number of aliphatic carboxylic acids is 1. The molecule has 60 valence electrons. The molecule has 0 radical (unpaired) electrons. The number of carboxylic acid groups (broad SMARTS) is 1. The molecule has 0 spiro atoms. The van der Waals surface area contributed by atoms with E-state index in [0.717, 1.165) is 0 Å². The van der Waals surface area contributed by atoms with E-state index in [1.54, 1.807) is 6.07 Å². The van der Waals surface area contributed by atoms with Crippen molar-refractivity contribution in [1.82, 2.24) is 10.2 Å². The summed E-state index contributed by atoms with van der Waals surface area (Å²) < 4.78 is 0. The van der Waals surface area contributed by atoms with Crippen LogP contribution in [0.25, 0.3) is 0 Å². The van der Waals surface area contributed by atoms with Gasteiger partial charge in [0.15, 0.2) is 5.92 Å². The summed E-state index contributed by atoms with van der Waals surface area (Å²) in [7, 11) is 0. The number of hydrogen-bond donors (Lipinski definition) is 1. The topological polar surface area (TPSA) is 86.9 Å². The molecular formula is C7H5N3O2. The average Bonchev–Trinajstić information content (AvgIpc) is 2.07. The van der Waals surface area contributed by atoms with Gasteiger partial charge < -0.3 is 5.11 Å². The van der Waals surface area contributed by atoms with Gasteiger partial charge in [-0.25, -0.2) is 0 Å². The van der Waals surface area contributed by atoms with Gasteiger partial charge in [0.25, 0.3) is 0 Å². The van der Waals surface area contributed by atoms with Crippen LogP contribution in [-0.2, 0) is 4.79 Å². The number of carboxylic acids is 1. The predicted octanol–water partition coefficient (Wildman–Crippen LogP) is 0.168. The summed E-state index contributed by atoms with van der Waals surface area (Å²) in [5.41, 5.74) is 0.160. The van der Waals surface area contributed by atoms with Crippen molar-refractivity contribution in [3.8, 4) is 6.07 Å². The number of aromatic nitrogens is 2. The Morgan fingerprint density at radius 3 is 2.92 bits per heavy atom. The van der Waals surface area contributed by atoms with E-state index in [0.29, 0.717) is 0 Å². The van der Waals surface area contributed by atoms with Crippen LogP contribution in [0.3, 0.4) is 0 Å². The van der Waals surface area contributed by atoms with E-state index in [-0.39, 0.29) is 5.69 Å². The summed E-state index contributed by atoms with van der Waals surface area (Å²) in [6.45, 7) is 0. The zero-order valence-electron chi connectivity index (χ0n) is 6.01. The highest BCUT2D eigenvalue weighted by Crippen LogP contribution is 2.09. The number of carbonyl (C=O) groups is 1. The second kappa shape index (κ2) is 3.44. The Morgan fingerprint density at radius 1 is 1.75 bits per heavy atom. The standard InChI is InChI=1S/C7H5N3O2/c8-4-5(7(11)12)6-2-1-3-9-10-6/h1-3,5H,(H,11,12). The van der Waals surface area contributed by atoms with Gasteiger partial charge in [-0.15, -0.1) is 0 Å². The van der Waals surface area contributed by atoms with Crippen LogP contribution in [-0.4, -0.2) is 21.3 Å². The fraction of sp³-hybridized carbons (Fsp3) is 0.143. The zero-order chi connectivity index (χ0) is 8.97. The fourth-order valence-corrected chi connectivity index (χ4v) is 0.715. The molecule has 0 amide bonds. The molecule has 0 aliphatic rings. The Labute approximate surface area is 68.3 Å². The highest BCUT2D eigenvalue weighted by molar-refractivity contribution is 5.78. The monoisotopic (exact) mass is 163 g/mol. The molecule has 1 aromatic rings. The van der Waals surface area contributed by atoms with Crippen LogP contribution in [0, 0.1) is 11.3 Å². The third-order valence-corrected chi connectivity index (χ3v) is 1.26. The molecule has 0 aliphatic heterocycles. The van der Waals surface area contributed by atoms with Gasteiger partial charge in [-0.3, -0.25) is 4.79 Å². The van der Waals surface area contributed by atoms with Crippen LogP contribution >= 0.6 is 0 Å². The molecule has 1 aromatic heterocycles. The van der Waals surface area contributed by atoms with E-state index < -0.39 is 11.9 Å². The lowest BCUT2D eigenvalue weighted by atomic mass is 10.1. The van der Waals surface area contributed by atoms with Crippen molar-refractivity contribution in [2.75, 3.05) is 0 Å². The van der Waals surface area contributed by atoms with E-state index >= 15 is 0 Å². The number of hydrogen-bond acceptors (Lipinski definition) is 4. The van der Waals surface area contributed by atoms with Crippen molar-refractivity contribution in [3.05, 3.63) is 24.0 Å². The second-order valence-corrected chi connectivity index (χ2v) is 2.05. The molecule has 0 saturated carbocycles. The highest BCUT2D eigenvalue weighted by Gasteiger charge is 2.20. The van der Waals surface area contributed by atoms with Crippen LogP contribution in [0.5, 0.6) is 0 Å². The number of nitrogens with zero attached hydrogens (tertiary/aromatic N) is 3. The molecule has 1 N–H and O–H groups in total. The van der Waals surface area contributed by atoms with Crippen molar-refractivity contribution in [2.45, 2.75) is 5.92 Å². The van der Waals surface area contributed by atoms with Gasteiger partial charge in [0.1, 0.15) is 0 Å². The molecule has 12 heavy (non-hydrogen) atoms. The van der Waals surface area contributed by atoms with E-state index in [9.17, 15) is 4.79 Å². The molecule has 0 saturated heterocycles. The van der Waals surface area contributed by atoms with Gasteiger partial charge in [0, 0.05) is 6.20 Å². The maximum atomic E-state index is 10.4. The van der Waals surface area contributed by atoms with Gasteiger partial charge in [-0.1, -0.05) is 0 Å². The predicted molar refractivity (Wildman–Crippen MR) is 38.0 cm³/mol. The maximum absolute atomic E-state index is 10.4. The van der Waals surface area contributed by atoms with Gasteiger partial charge in [-0.2, -0.15) is 15.5 Å². The Hall–Kier alpha value is -1.96. The first-order valence-corrected chi connectivity index (χ1v) is 3.15. The summed E-state index contributed by atoms with van der Waals surface area (Å²) in [4.78, 5) is 10.4. The third kappa shape index (κ3) is 1.55. The minimum absolute atomic E-state index is 0.160. The van der Waals surface area contributed by atoms with Crippen LogP contribution < -0.4 is 0 Å². The highest BCUT2D eigenvalue weighted by atomic mass is 16.4. The lowest BCUT2D eigenvalue weighted by Crippen LogP contribution is -2.11. The largest absolute Gasteiger partial charge is 0.480 e. The molecule has 1 heterocycles. The Kier molecular flexibility index (Phi) is 2.33. The summed E-state index contributed by atoms with van der Waals surface area (Å²) >= 11 is 0. The summed E-state index contributed by atoms with van der Waals surface area (Å²) in [5, 5.41) is 24.0. The average molecular weight is 163 g/mol. The van der Waals surface area contributed by atoms with E-state index in [4.69, 9.17) is 10.4 Å². The quantitative estimate of drug-likeness (QED) is 0.671. The molecular weight excluding hydrogens is 158 g/mol. The normalized spacial score (nSPS) is 11.6. The molecule has 0 fully saturated rings. The summed E-state index contributed by atoms with van der Waals surface area (Å²) in [5.74, 6) is -2.43. The van der Waals surface area contributed by atoms with Crippen LogP contribution in [0.1, 0.15) is 11.6 Å². The second-order valence-electron chi connectivity index (χ2n) is 2.05. The molecule has 5 nitrogen and oxygen atoms in total. The van der Waals surface area contributed by atoms with Crippen molar-refractivity contribution in [2.24, 2.45) is 0 Å². The van der Waals surface area contributed by atoms with Crippen LogP contribution in [0.2, 0.25) is 0 Å². The van der Waals surface area contributed by atoms with Gasteiger partial charge >= 0.3 is 5.97 Å². The first kappa shape index (κ1) is 8.14. The van der Waals surface area contributed by atoms with Crippen LogP contribution in [0.15, 0.2) is 18.3 Å². The first-order valence-electron chi connectivity index (χ1n) is 3.15. The minimum atomic E-state index is -1.22. The molecule has 1 unspecified atom stereocenters. The molecule has 5 heteroatoms. The van der Waals surface area contributed by atoms with Crippen molar-refractivity contribution in [1.29, 1.82) is 5.26 Å². The molecule has 0 bridgehead atoms. The van der Waals surface area contributed by atoms with Gasteiger partial charge in [0.05, 0.1) is 11.8 Å². The summed E-state index contributed by atoms with van der Waals surface area (Å²) in [6.07, 6.45) is 1.42. The molecule has 0 aromatic carbocycles. The Balaban J connectivity index is 2.98. The van der Waals surface area contributed by atoms with Crippen molar-refractivity contribution < 1.29 is 9.90 Å². The van der Waals surface area contributed by atoms with E-state index in [1.165, 1.54) is 18.3 Å².